The van der Waals surface area contributed by atoms with Crippen LogP contribution >= 0.6 is 0 Å². The highest BCUT2D eigenvalue weighted by Crippen LogP contribution is 2.45. The Morgan fingerprint density at radius 2 is 0.706 bits per heavy atom. The molecule has 0 fully saturated rings. The Labute approximate surface area is 395 Å². The molecule has 0 atom stereocenters. The van der Waals surface area contributed by atoms with E-state index in [-0.39, 0.29) is 0 Å². The van der Waals surface area contributed by atoms with Gasteiger partial charge in [0.1, 0.15) is 0 Å². The molecule has 2 nitrogen and oxygen atoms in total. The number of nitrogens with zero attached hydrogens (tertiary/aromatic N) is 2. The first-order valence-electron chi connectivity index (χ1n) is 23.4. The van der Waals surface area contributed by atoms with Gasteiger partial charge in [0.15, 0.2) is 0 Å². The van der Waals surface area contributed by atoms with Crippen molar-refractivity contribution < 1.29 is 0 Å². The number of hydrogen-bond acceptors (Lipinski definition) is 1. The summed E-state index contributed by atoms with van der Waals surface area (Å²) in [7, 11) is 0. The van der Waals surface area contributed by atoms with E-state index >= 15 is 0 Å². The molecule has 0 radical (unpaired) electrons. The predicted molar refractivity (Wildman–Crippen MR) is 290 cm³/mol. The lowest BCUT2D eigenvalue weighted by Gasteiger charge is -2.28. The lowest BCUT2D eigenvalue weighted by Crippen LogP contribution is -2.11. The highest BCUT2D eigenvalue weighted by atomic mass is 15.1. The topological polar surface area (TPSA) is 8.17 Å². The van der Waals surface area contributed by atoms with E-state index in [1.165, 1.54) is 87.5 Å². The quantitative estimate of drug-likeness (QED) is 0.148. The van der Waals surface area contributed by atoms with Crippen molar-refractivity contribution in [2.24, 2.45) is 0 Å². The Morgan fingerprint density at radius 1 is 0.250 bits per heavy atom. The highest BCUT2D eigenvalue weighted by Gasteiger charge is 2.21. The van der Waals surface area contributed by atoms with Crippen LogP contribution in [0.3, 0.4) is 0 Å². The molecule has 0 aliphatic heterocycles. The van der Waals surface area contributed by atoms with Crippen molar-refractivity contribution in [1.82, 2.24) is 4.57 Å². The second kappa shape index (κ2) is 16.5. The smallest absolute Gasteiger partial charge is 0.0541 e. The summed E-state index contributed by atoms with van der Waals surface area (Å²) in [6, 6.07) is 97.7. The summed E-state index contributed by atoms with van der Waals surface area (Å²) < 4.78 is 2.43. The summed E-state index contributed by atoms with van der Waals surface area (Å²) in [6.07, 6.45) is 0. The minimum absolute atomic E-state index is 1.07. The maximum absolute atomic E-state index is 2.46. The molecule has 12 aromatic carbocycles. The Morgan fingerprint density at radius 3 is 1.38 bits per heavy atom. The molecule has 0 bridgehead atoms. The summed E-state index contributed by atoms with van der Waals surface area (Å²) in [5, 5.41) is 9.83. The van der Waals surface area contributed by atoms with Gasteiger partial charge >= 0.3 is 0 Å². The number of rotatable bonds is 8. The summed E-state index contributed by atoms with van der Waals surface area (Å²) in [5.74, 6) is 0. The van der Waals surface area contributed by atoms with Crippen molar-refractivity contribution in [2.45, 2.75) is 0 Å². The largest absolute Gasteiger partial charge is 0.310 e. The van der Waals surface area contributed by atoms with Crippen molar-refractivity contribution in [2.75, 3.05) is 4.90 Å². The SMILES string of the molecule is c1ccc(-c2cc(-c3cccc(N(c4cccc(-c5cccc6ccccc56)c4)c4ccc(-c5cccc6ccccc56)c5ccccc45)c3)cc(-n3c4ccccc4c4ccccc43)c2)cc1. The summed E-state index contributed by atoms with van der Waals surface area (Å²) in [6.45, 7) is 0. The van der Waals surface area contributed by atoms with Crippen LogP contribution in [0.5, 0.6) is 0 Å². The van der Waals surface area contributed by atoms with Gasteiger partial charge in [-0.3, -0.25) is 0 Å². The van der Waals surface area contributed by atoms with Crippen molar-refractivity contribution in [3.05, 3.63) is 267 Å². The minimum Gasteiger partial charge on any atom is -0.310 e. The Hall–Kier alpha value is -8.98. The molecule has 13 aromatic rings. The van der Waals surface area contributed by atoms with Crippen LogP contribution in [0, 0.1) is 0 Å². The van der Waals surface area contributed by atoms with Crippen LogP contribution in [0.25, 0.3) is 104 Å². The molecule has 0 saturated heterocycles. The van der Waals surface area contributed by atoms with E-state index in [0.29, 0.717) is 0 Å². The van der Waals surface area contributed by atoms with Crippen LogP contribution in [0.15, 0.2) is 267 Å². The zero-order valence-electron chi connectivity index (χ0n) is 37.3. The van der Waals surface area contributed by atoms with Gasteiger partial charge in [0.2, 0.25) is 0 Å². The van der Waals surface area contributed by atoms with Crippen LogP contribution in [-0.4, -0.2) is 4.57 Å². The van der Waals surface area contributed by atoms with Gasteiger partial charge in [-0.15, -0.1) is 0 Å². The number of hydrogen-bond donors (Lipinski definition) is 0. The van der Waals surface area contributed by atoms with Crippen LogP contribution < -0.4 is 4.90 Å². The molecule has 1 aromatic heterocycles. The summed E-state index contributed by atoms with van der Waals surface area (Å²) >= 11 is 0. The maximum Gasteiger partial charge on any atom is 0.0541 e. The van der Waals surface area contributed by atoms with Gasteiger partial charge < -0.3 is 9.47 Å². The molecule has 2 heteroatoms. The molecule has 0 aliphatic rings. The van der Waals surface area contributed by atoms with Crippen LogP contribution in [0.4, 0.5) is 17.1 Å². The number of aromatic nitrogens is 1. The molecular weight excluding hydrogens is 821 g/mol. The first kappa shape index (κ1) is 39.4. The average Bonchev–Trinajstić information content (AvgIpc) is 3.75. The van der Waals surface area contributed by atoms with Gasteiger partial charge in [-0.2, -0.15) is 0 Å². The number of para-hydroxylation sites is 2. The zero-order valence-corrected chi connectivity index (χ0v) is 37.3. The van der Waals surface area contributed by atoms with Crippen molar-refractivity contribution >= 4 is 71.2 Å². The van der Waals surface area contributed by atoms with Gasteiger partial charge in [0, 0.05) is 33.2 Å². The van der Waals surface area contributed by atoms with Gasteiger partial charge in [0.25, 0.3) is 0 Å². The fourth-order valence-corrected chi connectivity index (χ4v) is 10.6. The number of fused-ring (bicyclic) bond motifs is 6. The first-order chi connectivity index (χ1) is 33.7. The van der Waals surface area contributed by atoms with E-state index in [0.717, 1.165) is 33.9 Å². The Balaban J connectivity index is 1.03. The van der Waals surface area contributed by atoms with Crippen molar-refractivity contribution in [3.8, 4) is 50.2 Å². The molecule has 0 spiro atoms. The third kappa shape index (κ3) is 6.73. The monoisotopic (exact) mass is 864 g/mol. The minimum atomic E-state index is 1.07. The van der Waals surface area contributed by atoms with E-state index in [1.54, 1.807) is 0 Å². The maximum atomic E-state index is 2.46. The third-order valence-corrected chi connectivity index (χ3v) is 13.7. The van der Waals surface area contributed by atoms with E-state index in [1.807, 2.05) is 0 Å². The molecule has 0 amide bonds. The average molecular weight is 865 g/mol. The molecule has 0 N–H and O–H groups in total. The third-order valence-electron chi connectivity index (χ3n) is 13.7. The molecule has 0 saturated carbocycles. The summed E-state index contributed by atoms with van der Waals surface area (Å²) in [5.41, 5.74) is 16.2. The van der Waals surface area contributed by atoms with E-state index in [2.05, 4.69) is 276 Å². The fourth-order valence-electron chi connectivity index (χ4n) is 10.6. The predicted octanol–water partition coefficient (Wildman–Crippen LogP) is 18.4. The molecular formula is C66H44N2. The summed E-state index contributed by atoms with van der Waals surface area (Å²) in [4.78, 5) is 2.46. The first-order valence-corrected chi connectivity index (χ1v) is 23.4. The normalized spacial score (nSPS) is 11.5. The second-order valence-electron chi connectivity index (χ2n) is 17.7. The second-order valence-corrected chi connectivity index (χ2v) is 17.7. The van der Waals surface area contributed by atoms with Crippen LogP contribution in [-0.2, 0) is 0 Å². The molecule has 1 heterocycles. The number of anilines is 3. The molecule has 13 rings (SSSR count). The highest BCUT2D eigenvalue weighted by molar-refractivity contribution is 6.11. The lowest BCUT2D eigenvalue weighted by molar-refractivity contribution is 1.18. The Bertz CT molecular complexity index is 3980. The van der Waals surface area contributed by atoms with Gasteiger partial charge in [0.05, 0.1) is 16.7 Å². The van der Waals surface area contributed by atoms with Crippen LogP contribution in [0.2, 0.25) is 0 Å². The zero-order chi connectivity index (χ0) is 45.0. The molecule has 68 heavy (non-hydrogen) atoms. The Kier molecular flexibility index (Phi) is 9.54. The fraction of sp³-hybridized carbons (Fsp3) is 0. The molecule has 0 aliphatic carbocycles. The van der Waals surface area contributed by atoms with E-state index < -0.39 is 0 Å². The lowest BCUT2D eigenvalue weighted by atomic mass is 9.92. The van der Waals surface area contributed by atoms with Crippen molar-refractivity contribution in [3.63, 3.8) is 0 Å². The molecule has 318 valence electrons. The van der Waals surface area contributed by atoms with Gasteiger partial charge in [-0.05, 0) is 132 Å². The van der Waals surface area contributed by atoms with Gasteiger partial charge in [-0.1, -0.05) is 206 Å². The standard InChI is InChI=1S/C66H44N2/c1-2-18-45(19-3-1)50-40-51(44-54(43-50)68-64-36-12-10-32-62(64)63-33-11-13-37-65(63)68)48-24-14-26-52(41-48)67(53-27-15-25-49(42-53)57-34-16-22-46-20-4-6-28-55(46)57)66-39-38-60(59-30-8-9-31-61(59)66)58-35-17-23-47-21-5-7-29-56(47)58/h1-44H. The van der Waals surface area contributed by atoms with Crippen molar-refractivity contribution in [1.29, 1.82) is 0 Å². The molecule has 0 unspecified atom stereocenters. The van der Waals surface area contributed by atoms with Gasteiger partial charge in [-0.25, -0.2) is 0 Å². The number of benzene rings is 12. The van der Waals surface area contributed by atoms with E-state index in [9.17, 15) is 0 Å². The van der Waals surface area contributed by atoms with Crippen LogP contribution in [0.1, 0.15) is 0 Å². The van der Waals surface area contributed by atoms with E-state index in [4.69, 9.17) is 0 Å².